The average Bonchev–Trinajstić information content (AvgIpc) is 3.44. The zero-order valence-corrected chi connectivity index (χ0v) is 24.4. The maximum absolute atomic E-state index is 13.7. The number of nitrogens with zero attached hydrogens (tertiary/aromatic N) is 4. The molecule has 1 aliphatic heterocycles. The number of hydrogen-bond donors (Lipinski definition) is 1. The number of aryl methyl sites for hydroxylation is 2. The van der Waals surface area contributed by atoms with E-state index in [0.29, 0.717) is 18.1 Å². The standard InChI is InChI=1S/C28H37N5O2S2/c1-18-10-11-20(19(2)15-18)33-27-24(26(30-33)28(3,4)5)25(21-9-8-14-36-21)37-17-23(35)32(27)16-22(34)29-12-13-31(6)7/h8-11,14-15,25H,12-13,16-17H2,1-7H3,(H,29,34)/t25-/m1/s1. The minimum Gasteiger partial charge on any atom is -0.353 e. The van der Waals surface area contributed by atoms with Crippen LogP contribution in [0.4, 0.5) is 5.82 Å². The molecule has 2 amide bonds. The lowest BCUT2D eigenvalue weighted by molar-refractivity contribution is -0.122. The summed E-state index contributed by atoms with van der Waals surface area (Å²) in [6.07, 6.45) is 0. The smallest absolute Gasteiger partial charge is 0.240 e. The van der Waals surface area contributed by atoms with Gasteiger partial charge in [-0.05, 0) is 51.0 Å². The molecule has 9 heteroatoms. The number of nitrogens with one attached hydrogen (secondary N) is 1. The van der Waals surface area contributed by atoms with E-state index in [1.807, 2.05) is 29.7 Å². The number of carbonyl (C=O) groups is 2. The number of carbonyl (C=O) groups excluding carboxylic acids is 2. The number of aromatic nitrogens is 2. The first-order valence-electron chi connectivity index (χ1n) is 12.5. The molecule has 1 N–H and O–H groups in total. The highest BCUT2D eigenvalue weighted by Gasteiger charge is 2.40. The van der Waals surface area contributed by atoms with Crippen LogP contribution in [0.15, 0.2) is 35.7 Å². The number of fused-ring (bicyclic) bond motifs is 1. The predicted octanol–water partition coefficient (Wildman–Crippen LogP) is 4.70. The van der Waals surface area contributed by atoms with Crippen molar-refractivity contribution < 1.29 is 9.59 Å². The highest BCUT2D eigenvalue weighted by Crippen LogP contribution is 2.49. The number of likely N-dealkylation sites (N-methyl/N-ethyl adjacent to an activating group) is 1. The lowest BCUT2D eigenvalue weighted by Gasteiger charge is -2.24. The summed E-state index contributed by atoms with van der Waals surface area (Å²) in [5.74, 6) is 0.734. The van der Waals surface area contributed by atoms with Gasteiger partial charge in [-0.1, -0.05) is 44.5 Å². The van der Waals surface area contributed by atoms with Crippen LogP contribution in [0, 0.1) is 13.8 Å². The van der Waals surface area contributed by atoms with Gasteiger partial charge in [0.15, 0.2) is 0 Å². The Bertz CT molecular complexity index is 1270. The van der Waals surface area contributed by atoms with E-state index in [-0.39, 0.29) is 29.0 Å². The van der Waals surface area contributed by atoms with Crippen LogP contribution >= 0.6 is 23.1 Å². The molecule has 4 rings (SSSR count). The van der Waals surface area contributed by atoms with E-state index in [2.05, 4.69) is 69.6 Å². The molecular formula is C28H37N5O2S2. The number of rotatable bonds is 7. The molecule has 0 radical (unpaired) electrons. The molecule has 1 atom stereocenters. The molecule has 3 aromatic rings. The largest absolute Gasteiger partial charge is 0.353 e. The first-order valence-corrected chi connectivity index (χ1v) is 14.5. The van der Waals surface area contributed by atoms with Crippen molar-refractivity contribution in [3.8, 4) is 5.69 Å². The Morgan fingerprint density at radius 1 is 1.22 bits per heavy atom. The summed E-state index contributed by atoms with van der Waals surface area (Å²) < 4.78 is 1.90. The van der Waals surface area contributed by atoms with Gasteiger partial charge < -0.3 is 10.2 Å². The molecule has 0 fully saturated rings. The topological polar surface area (TPSA) is 70.5 Å². The summed E-state index contributed by atoms with van der Waals surface area (Å²) in [4.78, 5) is 31.6. The van der Waals surface area contributed by atoms with Crippen LogP contribution in [0.5, 0.6) is 0 Å². The molecule has 1 aromatic carbocycles. The molecule has 0 saturated carbocycles. The summed E-state index contributed by atoms with van der Waals surface area (Å²) in [6.45, 7) is 11.8. The third kappa shape index (κ3) is 5.94. The first kappa shape index (κ1) is 27.4. The normalized spacial score (nSPS) is 16.2. The van der Waals surface area contributed by atoms with Crippen LogP contribution < -0.4 is 10.2 Å². The first-order chi connectivity index (χ1) is 17.5. The van der Waals surface area contributed by atoms with Crippen molar-refractivity contribution >= 4 is 40.7 Å². The van der Waals surface area contributed by atoms with Crippen molar-refractivity contribution in [2.75, 3.05) is 44.4 Å². The van der Waals surface area contributed by atoms with Crippen molar-refractivity contribution in [3.05, 3.63) is 63.0 Å². The SMILES string of the molecule is Cc1ccc(-n2nc(C(C)(C)C)c3c2N(CC(=O)NCCN(C)C)C(=O)CS[C@@H]3c2cccs2)c(C)c1. The summed E-state index contributed by atoms with van der Waals surface area (Å²) in [5.41, 5.74) is 4.85. The van der Waals surface area contributed by atoms with Gasteiger partial charge in [-0.2, -0.15) is 5.10 Å². The molecule has 0 saturated heterocycles. The minimum atomic E-state index is -0.267. The Labute approximate surface area is 228 Å². The van der Waals surface area contributed by atoms with Crippen molar-refractivity contribution in [1.29, 1.82) is 0 Å². The highest BCUT2D eigenvalue weighted by molar-refractivity contribution is 8.00. The van der Waals surface area contributed by atoms with Crippen molar-refractivity contribution in [1.82, 2.24) is 20.0 Å². The van der Waals surface area contributed by atoms with E-state index in [9.17, 15) is 9.59 Å². The van der Waals surface area contributed by atoms with Gasteiger partial charge in [-0.25, -0.2) is 4.68 Å². The van der Waals surface area contributed by atoms with E-state index in [1.54, 1.807) is 28.0 Å². The molecule has 0 unspecified atom stereocenters. The number of benzene rings is 1. The van der Waals surface area contributed by atoms with Gasteiger partial charge in [-0.15, -0.1) is 23.1 Å². The Balaban J connectivity index is 1.92. The molecule has 7 nitrogen and oxygen atoms in total. The van der Waals surface area contributed by atoms with Crippen molar-refractivity contribution in [2.24, 2.45) is 0 Å². The molecule has 0 spiro atoms. The molecule has 2 aromatic heterocycles. The van der Waals surface area contributed by atoms with Gasteiger partial charge in [0.25, 0.3) is 0 Å². The van der Waals surface area contributed by atoms with E-state index in [1.165, 1.54) is 4.88 Å². The monoisotopic (exact) mass is 539 g/mol. The second-order valence-corrected chi connectivity index (χ2v) is 12.9. The predicted molar refractivity (Wildman–Crippen MR) is 154 cm³/mol. The minimum absolute atomic E-state index is 0.0445. The van der Waals surface area contributed by atoms with E-state index in [0.717, 1.165) is 34.6 Å². The van der Waals surface area contributed by atoms with Crippen LogP contribution in [0.1, 0.15) is 53.3 Å². The number of thioether (sulfide) groups is 1. The fourth-order valence-corrected chi connectivity index (χ4v) is 6.74. The van der Waals surface area contributed by atoms with Gasteiger partial charge in [0, 0.05) is 28.9 Å². The zero-order chi connectivity index (χ0) is 26.9. The fourth-order valence-electron chi connectivity index (χ4n) is 4.57. The van der Waals surface area contributed by atoms with Crippen molar-refractivity contribution in [2.45, 2.75) is 45.3 Å². The third-order valence-electron chi connectivity index (χ3n) is 6.36. The van der Waals surface area contributed by atoms with E-state index >= 15 is 0 Å². The lowest BCUT2D eigenvalue weighted by Crippen LogP contribution is -2.43. The van der Waals surface area contributed by atoms with Gasteiger partial charge >= 0.3 is 0 Å². The zero-order valence-electron chi connectivity index (χ0n) is 22.8. The van der Waals surface area contributed by atoms with E-state index < -0.39 is 0 Å². The lowest BCUT2D eigenvalue weighted by atomic mass is 9.88. The van der Waals surface area contributed by atoms with Gasteiger partial charge in [-0.3, -0.25) is 14.5 Å². The molecule has 1 aliphatic rings. The number of amides is 2. The molecule has 3 heterocycles. The van der Waals surface area contributed by atoms with Crippen LogP contribution in [-0.4, -0.2) is 66.0 Å². The summed E-state index contributed by atoms with van der Waals surface area (Å²) in [5, 5.41) is 10.2. The summed E-state index contributed by atoms with van der Waals surface area (Å²) in [6, 6.07) is 10.4. The molecule has 0 bridgehead atoms. The molecule has 198 valence electrons. The van der Waals surface area contributed by atoms with E-state index in [4.69, 9.17) is 5.10 Å². The summed E-state index contributed by atoms with van der Waals surface area (Å²) >= 11 is 3.31. The number of thiophene rings is 1. The maximum atomic E-state index is 13.7. The maximum Gasteiger partial charge on any atom is 0.240 e. The Kier molecular flexibility index (Phi) is 8.16. The molecule has 0 aliphatic carbocycles. The van der Waals surface area contributed by atoms with Crippen LogP contribution in [0.2, 0.25) is 0 Å². The van der Waals surface area contributed by atoms with Crippen LogP contribution in [-0.2, 0) is 15.0 Å². The van der Waals surface area contributed by atoms with Crippen LogP contribution in [0.25, 0.3) is 5.69 Å². The quantitative estimate of drug-likeness (QED) is 0.472. The second kappa shape index (κ2) is 11.0. The Morgan fingerprint density at radius 2 is 1.97 bits per heavy atom. The van der Waals surface area contributed by atoms with Gasteiger partial charge in [0.05, 0.1) is 22.4 Å². The fraction of sp³-hybridized carbons (Fsp3) is 0.464. The Hall–Kier alpha value is -2.62. The third-order valence-corrected chi connectivity index (χ3v) is 8.69. The summed E-state index contributed by atoms with van der Waals surface area (Å²) in [7, 11) is 3.93. The van der Waals surface area contributed by atoms with Gasteiger partial charge in [0.2, 0.25) is 11.8 Å². The highest BCUT2D eigenvalue weighted by atomic mass is 32.2. The number of anilines is 1. The molecule has 37 heavy (non-hydrogen) atoms. The van der Waals surface area contributed by atoms with Crippen molar-refractivity contribution in [3.63, 3.8) is 0 Å². The number of hydrogen-bond acceptors (Lipinski definition) is 6. The van der Waals surface area contributed by atoms with Crippen LogP contribution in [0.3, 0.4) is 0 Å². The molecular weight excluding hydrogens is 502 g/mol. The average molecular weight is 540 g/mol. The van der Waals surface area contributed by atoms with Gasteiger partial charge in [0.1, 0.15) is 12.4 Å². The second-order valence-electron chi connectivity index (χ2n) is 10.9. The Morgan fingerprint density at radius 3 is 2.59 bits per heavy atom.